The number of fused-ring (bicyclic) bond motifs is 2. The summed E-state index contributed by atoms with van der Waals surface area (Å²) in [5, 5.41) is 6.42. The molecule has 2 N–H and O–H groups in total. The highest BCUT2D eigenvalue weighted by Gasteiger charge is 2.15. The molecule has 0 radical (unpaired) electrons. The van der Waals surface area contributed by atoms with Crippen molar-refractivity contribution in [2.24, 2.45) is 0 Å². The maximum atomic E-state index is 12.9. The van der Waals surface area contributed by atoms with Crippen molar-refractivity contribution in [2.45, 2.75) is 33.6 Å². The van der Waals surface area contributed by atoms with Crippen LogP contribution in [0.4, 0.5) is 10.8 Å². The lowest BCUT2D eigenvalue weighted by molar-refractivity contribution is -0.116. The van der Waals surface area contributed by atoms with Crippen molar-refractivity contribution in [2.75, 3.05) is 17.4 Å². The van der Waals surface area contributed by atoms with Gasteiger partial charge in [-0.2, -0.15) is 0 Å². The van der Waals surface area contributed by atoms with Crippen molar-refractivity contribution in [3.05, 3.63) is 76.3 Å². The van der Waals surface area contributed by atoms with E-state index < -0.39 is 0 Å². The molecule has 0 bridgehead atoms. The third-order valence-corrected chi connectivity index (χ3v) is 6.82. The number of aromatic nitrogens is 1. The Morgan fingerprint density at radius 2 is 1.71 bits per heavy atom. The van der Waals surface area contributed by atoms with Crippen LogP contribution in [0.15, 0.2) is 48.5 Å². The Balaban J connectivity index is 1.24. The molecule has 8 heteroatoms. The Morgan fingerprint density at radius 3 is 2.51 bits per heavy atom. The van der Waals surface area contributed by atoms with E-state index in [0.29, 0.717) is 29.3 Å². The summed E-state index contributed by atoms with van der Waals surface area (Å²) in [6, 6.07) is 15.2. The van der Waals surface area contributed by atoms with Crippen LogP contribution in [0.3, 0.4) is 0 Å². The summed E-state index contributed by atoms with van der Waals surface area (Å²) >= 11 is 1.35. The molecule has 5 rings (SSSR count). The molecule has 2 heterocycles. The average Bonchev–Trinajstić information content (AvgIpc) is 3.45. The second-order valence-corrected chi connectivity index (χ2v) is 9.70. The van der Waals surface area contributed by atoms with E-state index in [0.717, 1.165) is 43.9 Å². The topological polar surface area (TPSA) is 89.6 Å². The van der Waals surface area contributed by atoms with E-state index in [2.05, 4.69) is 27.8 Å². The smallest absolute Gasteiger partial charge is 0.255 e. The van der Waals surface area contributed by atoms with E-state index in [1.54, 1.807) is 12.1 Å². The fraction of sp³-hybridized carbons (Fsp3) is 0.222. The molecule has 0 saturated heterocycles. The fourth-order valence-electron chi connectivity index (χ4n) is 4.22. The maximum Gasteiger partial charge on any atom is 0.255 e. The molecule has 0 saturated carbocycles. The Labute approximate surface area is 207 Å². The van der Waals surface area contributed by atoms with Crippen LogP contribution in [0.2, 0.25) is 0 Å². The van der Waals surface area contributed by atoms with Gasteiger partial charge in [0.2, 0.25) is 12.7 Å². The number of nitrogens with zero attached hydrogens (tertiary/aromatic N) is 1. The number of hydrogen-bond acceptors (Lipinski definition) is 6. The van der Waals surface area contributed by atoms with Crippen molar-refractivity contribution in [1.29, 1.82) is 0 Å². The van der Waals surface area contributed by atoms with Crippen LogP contribution in [-0.2, 0) is 11.2 Å². The van der Waals surface area contributed by atoms with Crippen molar-refractivity contribution < 1.29 is 19.1 Å². The van der Waals surface area contributed by atoms with Crippen molar-refractivity contribution in [3.8, 4) is 11.5 Å². The maximum absolute atomic E-state index is 12.9. The highest BCUT2D eigenvalue weighted by atomic mass is 32.1. The number of nitrogens with one attached hydrogen (secondary N) is 2. The number of carbonyl (C=O) groups excluding carboxylic acids is 2. The average molecular weight is 488 g/mol. The Kier molecular flexibility index (Phi) is 6.13. The van der Waals surface area contributed by atoms with Gasteiger partial charge in [0.1, 0.15) is 0 Å². The summed E-state index contributed by atoms with van der Waals surface area (Å²) in [5.41, 5.74) is 6.33. The van der Waals surface area contributed by atoms with E-state index >= 15 is 0 Å². The lowest BCUT2D eigenvalue weighted by Gasteiger charge is -2.12. The molecule has 0 spiro atoms. The van der Waals surface area contributed by atoms with Gasteiger partial charge in [0.15, 0.2) is 16.6 Å². The lowest BCUT2D eigenvalue weighted by Crippen LogP contribution is -2.13. The highest BCUT2D eigenvalue weighted by Crippen LogP contribution is 2.33. The van der Waals surface area contributed by atoms with Gasteiger partial charge >= 0.3 is 0 Å². The number of rotatable bonds is 6. The number of anilines is 2. The normalized spacial score (nSPS) is 12.1. The van der Waals surface area contributed by atoms with Crippen LogP contribution in [0.1, 0.15) is 39.0 Å². The number of hydrogen-bond donors (Lipinski definition) is 2. The van der Waals surface area contributed by atoms with Crippen LogP contribution in [-0.4, -0.2) is 23.6 Å². The van der Waals surface area contributed by atoms with Gasteiger partial charge in [-0.25, -0.2) is 4.98 Å². The molecule has 2 amide bonds. The predicted octanol–water partition coefficient (Wildman–Crippen LogP) is 5.77. The molecule has 0 atom stereocenters. The fourth-order valence-corrected chi connectivity index (χ4v) is 5.14. The molecule has 1 aromatic heterocycles. The molecule has 4 aromatic rings. The second-order valence-electron chi connectivity index (χ2n) is 8.67. The van der Waals surface area contributed by atoms with Crippen LogP contribution in [0.25, 0.3) is 10.2 Å². The van der Waals surface area contributed by atoms with E-state index in [1.807, 2.05) is 45.0 Å². The lowest BCUT2D eigenvalue weighted by atomic mass is 10.0. The molecule has 0 aliphatic carbocycles. The molecule has 1 aliphatic rings. The number of carbonyl (C=O) groups is 2. The largest absolute Gasteiger partial charge is 0.454 e. The minimum atomic E-state index is -0.176. The van der Waals surface area contributed by atoms with Gasteiger partial charge in [0.25, 0.3) is 5.91 Å². The zero-order chi connectivity index (χ0) is 24.5. The molecule has 178 valence electrons. The third-order valence-electron chi connectivity index (χ3n) is 5.89. The summed E-state index contributed by atoms with van der Waals surface area (Å²) in [5.74, 6) is 1.14. The number of benzene rings is 3. The zero-order valence-electron chi connectivity index (χ0n) is 19.7. The number of thiazole rings is 1. The highest BCUT2D eigenvalue weighted by molar-refractivity contribution is 7.22. The van der Waals surface area contributed by atoms with E-state index in [-0.39, 0.29) is 18.6 Å². The monoisotopic (exact) mass is 487 g/mol. The molecule has 3 aromatic carbocycles. The van der Waals surface area contributed by atoms with Gasteiger partial charge in [0, 0.05) is 17.7 Å². The summed E-state index contributed by atoms with van der Waals surface area (Å²) in [4.78, 5) is 29.9. The number of ether oxygens (including phenoxy) is 2. The first-order chi connectivity index (χ1) is 16.9. The second kappa shape index (κ2) is 9.38. The summed E-state index contributed by atoms with van der Waals surface area (Å²) in [7, 11) is 0. The van der Waals surface area contributed by atoms with Crippen LogP contribution < -0.4 is 20.1 Å². The SMILES string of the molecule is Cc1cc(C)c(NC(=O)c2ccc3nc(NC(=O)CCc4ccc5c(c4)OCO5)sc3c2)c(C)c1. The minimum absolute atomic E-state index is 0.120. The van der Waals surface area contributed by atoms with Crippen molar-refractivity contribution in [3.63, 3.8) is 0 Å². The Morgan fingerprint density at radius 1 is 0.943 bits per heavy atom. The van der Waals surface area contributed by atoms with E-state index in [1.165, 1.54) is 11.3 Å². The van der Waals surface area contributed by atoms with Crippen molar-refractivity contribution >= 4 is 44.2 Å². The van der Waals surface area contributed by atoms with Gasteiger partial charge < -0.3 is 20.1 Å². The van der Waals surface area contributed by atoms with Gasteiger partial charge in [0.05, 0.1) is 10.2 Å². The summed E-state index contributed by atoms with van der Waals surface area (Å²) < 4.78 is 11.5. The van der Waals surface area contributed by atoms with E-state index in [4.69, 9.17) is 9.47 Å². The third kappa shape index (κ3) is 4.97. The first kappa shape index (κ1) is 22.9. The Bertz CT molecular complexity index is 1440. The van der Waals surface area contributed by atoms with Gasteiger partial charge in [-0.05, 0) is 74.2 Å². The first-order valence-corrected chi connectivity index (χ1v) is 12.2. The van der Waals surface area contributed by atoms with Crippen molar-refractivity contribution in [1.82, 2.24) is 4.98 Å². The molecule has 1 aliphatic heterocycles. The van der Waals surface area contributed by atoms with Crippen LogP contribution in [0, 0.1) is 20.8 Å². The summed E-state index contributed by atoms with van der Waals surface area (Å²) in [6.45, 7) is 6.25. The minimum Gasteiger partial charge on any atom is -0.454 e. The molecule has 7 nitrogen and oxygen atoms in total. The van der Waals surface area contributed by atoms with E-state index in [9.17, 15) is 9.59 Å². The van der Waals surface area contributed by atoms with Gasteiger partial charge in [-0.1, -0.05) is 35.1 Å². The van der Waals surface area contributed by atoms with Gasteiger partial charge in [-0.15, -0.1) is 0 Å². The zero-order valence-corrected chi connectivity index (χ0v) is 20.5. The predicted molar refractivity (Wildman–Crippen MR) is 138 cm³/mol. The van der Waals surface area contributed by atoms with Gasteiger partial charge in [-0.3, -0.25) is 9.59 Å². The number of amides is 2. The number of aryl methyl sites for hydroxylation is 4. The quantitative estimate of drug-likeness (QED) is 0.360. The van der Waals surface area contributed by atoms with Crippen LogP contribution >= 0.6 is 11.3 Å². The Hall–Kier alpha value is -3.91. The first-order valence-electron chi connectivity index (χ1n) is 11.3. The molecular formula is C27H25N3O4S. The molecule has 0 fully saturated rings. The van der Waals surface area contributed by atoms with Crippen LogP contribution in [0.5, 0.6) is 11.5 Å². The molecular weight excluding hydrogens is 462 g/mol. The standard InChI is InChI=1S/C27H25N3O4S/c1-15-10-16(2)25(17(3)11-15)30-26(32)19-6-7-20-23(13-19)35-27(28-20)29-24(31)9-5-18-4-8-21-22(12-18)34-14-33-21/h4,6-8,10-13H,5,9,14H2,1-3H3,(H,30,32)(H,28,29,31). The molecule has 35 heavy (non-hydrogen) atoms. The summed E-state index contributed by atoms with van der Waals surface area (Å²) in [6.07, 6.45) is 0.897. The molecule has 0 unspecified atom stereocenters.